The highest BCUT2D eigenvalue weighted by Gasteiger charge is 2.07. The van der Waals surface area contributed by atoms with Gasteiger partial charge >= 0.3 is 6.03 Å². The van der Waals surface area contributed by atoms with Crippen LogP contribution < -0.4 is 21.7 Å². The van der Waals surface area contributed by atoms with Crippen LogP contribution in [0.3, 0.4) is 0 Å². The zero-order valence-corrected chi connectivity index (χ0v) is 14.7. The second-order valence-corrected chi connectivity index (χ2v) is 5.91. The SMILES string of the molecule is NC(=O)Nc1ccc(CNC(=O)CCNC(=O)c2ccc(Cl)cc2)cc1. The summed E-state index contributed by atoms with van der Waals surface area (Å²) < 4.78 is 0. The molecule has 2 rings (SSSR count). The maximum absolute atomic E-state index is 11.9. The van der Waals surface area contributed by atoms with Crippen molar-refractivity contribution in [2.45, 2.75) is 13.0 Å². The molecule has 4 amide bonds. The summed E-state index contributed by atoms with van der Waals surface area (Å²) in [6, 6.07) is 12.8. The molecule has 2 aromatic carbocycles. The Kier molecular flexibility index (Phi) is 6.99. The van der Waals surface area contributed by atoms with Crippen molar-refractivity contribution in [2.24, 2.45) is 5.73 Å². The van der Waals surface area contributed by atoms with Gasteiger partial charge in [0.2, 0.25) is 5.91 Å². The van der Waals surface area contributed by atoms with E-state index in [9.17, 15) is 14.4 Å². The van der Waals surface area contributed by atoms with Crippen molar-refractivity contribution in [3.8, 4) is 0 Å². The molecule has 8 heteroatoms. The number of halogens is 1. The van der Waals surface area contributed by atoms with Crippen LogP contribution in [0.2, 0.25) is 5.02 Å². The van der Waals surface area contributed by atoms with Gasteiger partial charge in [-0.25, -0.2) is 4.79 Å². The molecule has 7 nitrogen and oxygen atoms in total. The van der Waals surface area contributed by atoms with Crippen LogP contribution in [0.25, 0.3) is 0 Å². The lowest BCUT2D eigenvalue weighted by molar-refractivity contribution is -0.121. The van der Waals surface area contributed by atoms with Crippen molar-refractivity contribution in [3.05, 3.63) is 64.7 Å². The molecular formula is C18H19ClN4O3. The highest BCUT2D eigenvalue weighted by molar-refractivity contribution is 6.30. The van der Waals surface area contributed by atoms with Crippen LogP contribution in [0, 0.1) is 0 Å². The van der Waals surface area contributed by atoms with Gasteiger partial charge in [-0.05, 0) is 42.0 Å². The van der Waals surface area contributed by atoms with Crippen LogP contribution >= 0.6 is 11.6 Å². The second kappa shape index (κ2) is 9.43. The summed E-state index contributed by atoms with van der Waals surface area (Å²) >= 11 is 5.77. The van der Waals surface area contributed by atoms with E-state index in [4.69, 9.17) is 17.3 Å². The summed E-state index contributed by atoms with van der Waals surface area (Å²) in [5.41, 5.74) is 6.97. The van der Waals surface area contributed by atoms with E-state index in [1.807, 2.05) is 0 Å². The van der Waals surface area contributed by atoms with Crippen molar-refractivity contribution in [2.75, 3.05) is 11.9 Å². The molecule has 0 aliphatic rings. The molecule has 0 bridgehead atoms. The van der Waals surface area contributed by atoms with Crippen molar-refractivity contribution < 1.29 is 14.4 Å². The van der Waals surface area contributed by atoms with Gasteiger partial charge in [-0.1, -0.05) is 23.7 Å². The van der Waals surface area contributed by atoms with E-state index in [0.29, 0.717) is 22.8 Å². The molecule has 26 heavy (non-hydrogen) atoms. The first-order chi connectivity index (χ1) is 12.4. The third-order valence-corrected chi connectivity index (χ3v) is 3.71. The van der Waals surface area contributed by atoms with Crippen molar-refractivity contribution >= 4 is 35.1 Å². The molecule has 0 spiro atoms. The highest BCUT2D eigenvalue weighted by Crippen LogP contribution is 2.10. The lowest BCUT2D eigenvalue weighted by Gasteiger charge is -2.08. The van der Waals surface area contributed by atoms with Crippen molar-refractivity contribution in [1.82, 2.24) is 10.6 Å². The largest absolute Gasteiger partial charge is 0.352 e. The average molecular weight is 375 g/mol. The third-order valence-electron chi connectivity index (χ3n) is 3.46. The number of anilines is 1. The first-order valence-electron chi connectivity index (χ1n) is 7.90. The molecule has 2 aromatic rings. The van der Waals surface area contributed by atoms with E-state index in [2.05, 4.69) is 16.0 Å². The van der Waals surface area contributed by atoms with Crippen LogP contribution in [0.15, 0.2) is 48.5 Å². The lowest BCUT2D eigenvalue weighted by atomic mass is 10.2. The number of benzene rings is 2. The third kappa shape index (κ3) is 6.45. The minimum absolute atomic E-state index is 0.167. The number of hydrogen-bond donors (Lipinski definition) is 4. The summed E-state index contributed by atoms with van der Waals surface area (Å²) in [7, 11) is 0. The van der Waals surface area contributed by atoms with E-state index in [1.54, 1.807) is 48.5 Å². The molecule has 0 aliphatic carbocycles. The number of carbonyl (C=O) groups excluding carboxylic acids is 3. The van der Waals surface area contributed by atoms with Crippen molar-refractivity contribution in [1.29, 1.82) is 0 Å². The van der Waals surface area contributed by atoms with Crippen LogP contribution in [-0.2, 0) is 11.3 Å². The highest BCUT2D eigenvalue weighted by atomic mass is 35.5. The van der Waals surface area contributed by atoms with Gasteiger partial charge in [0, 0.05) is 35.8 Å². The molecule has 136 valence electrons. The van der Waals surface area contributed by atoms with Crippen LogP contribution in [0.4, 0.5) is 10.5 Å². The molecule has 0 atom stereocenters. The van der Waals surface area contributed by atoms with Gasteiger partial charge in [0.15, 0.2) is 0 Å². The zero-order chi connectivity index (χ0) is 18.9. The first kappa shape index (κ1) is 19.3. The van der Waals surface area contributed by atoms with Gasteiger partial charge in [0.05, 0.1) is 0 Å². The van der Waals surface area contributed by atoms with Gasteiger partial charge < -0.3 is 21.7 Å². The average Bonchev–Trinajstić information content (AvgIpc) is 2.61. The number of amides is 4. The Morgan fingerprint density at radius 1 is 0.923 bits per heavy atom. The standard InChI is InChI=1S/C18H19ClN4O3/c19-14-5-3-13(4-6-14)17(25)21-10-9-16(24)22-11-12-1-7-15(8-2-12)23-18(20)26/h1-8H,9-11H2,(H,21,25)(H,22,24)(H3,20,23,26). The topological polar surface area (TPSA) is 113 Å². The van der Waals surface area contributed by atoms with E-state index in [0.717, 1.165) is 5.56 Å². The summed E-state index contributed by atoms with van der Waals surface area (Å²) in [5, 5.41) is 8.45. The van der Waals surface area contributed by atoms with Gasteiger partial charge in [0.1, 0.15) is 0 Å². The Hall–Kier alpha value is -3.06. The van der Waals surface area contributed by atoms with Gasteiger partial charge in [-0.2, -0.15) is 0 Å². The van der Waals surface area contributed by atoms with E-state index < -0.39 is 6.03 Å². The van der Waals surface area contributed by atoms with Crippen molar-refractivity contribution in [3.63, 3.8) is 0 Å². The summed E-state index contributed by atoms with van der Waals surface area (Å²) in [5.74, 6) is -0.437. The predicted octanol–water partition coefficient (Wildman–Crippen LogP) is 2.27. The Balaban J connectivity index is 1.69. The molecule has 0 saturated heterocycles. The molecule has 0 aliphatic heterocycles. The Bertz CT molecular complexity index is 776. The summed E-state index contributed by atoms with van der Waals surface area (Å²) in [6.45, 7) is 0.579. The first-order valence-corrected chi connectivity index (χ1v) is 8.27. The summed E-state index contributed by atoms with van der Waals surface area (Å²) in [4.78, 5) is 34.5. The quantitative estimate of drug-likeness (QED) is 0.596. The predicted molar refractivity (Wildman–Crippen MR) is 99.9 cm³/mol. The summed E-state index contributed by atoms with van der Waals surface area (Å²) in [6.07, 6.45) is 0.167. The van der Waals surface area contributed by atoms with Crippen LogP contribution in [0.1, 0.15) is 22.3 Å². The smallest absolute Gasteiger partial charge is 0.316 e. The molecule has 0 heterocycles. The Labute approximate surface area is 155 Å². The fraction of sp³-hybridized carbons (Fsp3) is 0.167. The van der Waals surface area contributed by atoms with Gasteiger partial charge in [-0.3, -0.25) is 9.59 Å². The zero-order valence-electron chi connectivity index (χ0n) is 13.9. The van der Waals surface area contributed by atoms with E-state index in [-0.39, 0.29) is 24.8 Å². The van der Waals surface area contributed by atoms with E-state index >= 15 is 0 Å². The molecule has 0 radical (unpaired) electrons. The Morgan fingerprint density at radius 3 is 2.19 bits per heavy atom. The molecule has 0 aromatic heterocycles. The number of carbonyl (C=O) groups is 3. The monoisotopic (exact) mass is 374 g/mol. The number of urea groups is 1. The van der Waals surface area contributed by atoms with E-state index in [1.165, 1.54) is 0 Å². The van der Waals surface area contributed by atoms with Crippen LogP contribution in [0.5, 0.6) is 0 Å². The maximum atomic E-state index is 11.9. The molecule has 0 fully saturated rings. The Morgan fingerprint density at radius 2 is 1.58 bits per heavy atom. The lowest BCUT2D eigenvalue weighted by Crippen LogP contribution is -2.30. The minimum atomic E-state index is -0.633. The fourth-order valence-electron chi connectivity index (χ4n) is 2.13. The molecular weight excluding hydrogens is 356 g/mol. The second-order valence-electron chi connectivity index (χ2n) is 5.48. The number of nitrogens with two attached hydrogens (primary N) is 1. The number of nitrogens with one attached hydrogen (secondary N) is 3. The minimum Gasteiger partial charge on any atom is -0.352 e. The molecule has 0 unspecified atom stereocenters. The number of hydrogen-bond acceptors (Lipinski definition) is 3. The normalized spacial score (nSPS) is 10.0. The number of primary amides is 1. The molecule has 5 N–H and O–H groups in total. The molecule has 0 saturated carbocycles. The number of rotatable bonds is 7. The van der Waals surface area contributed by atoms with Gasteiger partial charge in [0.25, 0.3) is 5.91 Å². The van der Waals surface area contributed by atoms with Crippen LogP contribution in [-0.4, -0.2) is 24.4 Å². The fourth-order valence-corrected chi connectivity index (χ4v) is 2.26. The maximum Gasteiger partial charge on any atom is 0.316 e. The van der Waals surface area contributed by atoms with Gasteiger partial charge in [-0.15, -0.1) is 0 Å².